The van der Waals surface area contributed by atoms with E-state index in [-0.39, 0.29) is 5.91 Å². The first-order valence-electron chi connectivity index (χ1n) is 9.00. The number of fused-ring (bicyclic) bond motifs is 1. The molecule has 0 radical (unpaired) electrons. The number of nitrogens with one attached hydrogen (secondary N) is 1. The third kappa shape index (κ3) is 3.10. The minimum Gasteiger partial charge on any atom is -0.345 e. The van der Waals surface area contributed by atoms with Crippen molar-refractivity contribution in [3.8, 4) is 5.69 Å². The van der Waals surface area contributed by atoms with Gasteiger partial charge in [-0.05, 0) is 30.7 Å². The number of imidazole rings is 1. The molecular weight excluding hydrogens is 338 g/mol. The van der Waals surface area contributed by atoms with Crippen LogP contribution in [-0.4, -0.2) is 25.2 Å². The van der Waals surface area contributed by atoms with Gasteiger partial charge < -0.3 is 9.88 Å². The maximum absolute atomic E-state index is 12.8. The monoisotopic (exact) mass is 359 g/mol. The quantitative estimate of drug-likeness (QED) is 0.595. The van der Waals surface area contributed by atoms with Gasteiger partial charge in [0.15, 0.2) is 0 Å². The van der Waals surface area contributed by atoms with Gasteiger partial charge >= 0.3 is 0 Å². The predicted molar refractivity (Wildman–Crippen MR) is 105 cm³/mol. The lowest BCUT2D eigenvalue weighted by Gasteiger charge is -2.08. The predicted octanol–water partition coefficient (Wildman–Crippen LogP) is 3.25. The Bertz CT molecular complexity index is 1090. The molecule has 0 atom stereocenters. The molecule has 1 amide bonds. The Morgan fingerprint density at radius 3 is 2.56 bits per heavy atom. The van der Waals surface area contributed by atoms with Gasteiger partial charge in [-0.1, -0.05) is 37.3 Å². The Kier molecular flexibility index (Phi) is 4.46. The minimum atomic E-state index is -0.138. The van der Waals surface area contributed by atoms with E-state index in [0.717, 1.165) is 28.2 Å². The third-order valence-corrected chi connectivity index (χ3v) is 4.74. The van der Waals surface area contributed by atoms with E-state index < -0.39 is 0 Å². The van der Waals surface area contributed by atoms with Crippen LogP contribution in [0.25, 0.3) is 16.7 Å². The van der Waals surface area contributed by atoms with Gasteiger partial charge in [-0.25, -0.2) is 9.67 Å². The zero-order chi connectivity index (χ0) is 18.8. The van der Waals surface area contributed by atoms with Crippen LogP contribution < -0.4 is 5.32 Å². The molecule has 4 rings (SSSR count). The third-order valence-electron chi connectivity index (χ3n) is 4.74. The first kappa shape index (κ1) is 17.0. The Balaban J connectivity index is 1.56. The highest BCUT2D eigenvalue weighted by atomic mass is 16.1. The number of aryl methyl sites for hydroxylation is 1. The van der Waals surface area contributed by atoms with E-state index in [2.05, 4.69) is 15.4 Å². The van der Waals surface area contributed by atoms with Crippen LogP contribution >= 0.6 is 0 Å². The summed E-state index contributed by atoms with van der Waals surface area (Å²) >= 11 is 0. The second-order valence-electron chi connectivity index (χ2n) is 6.36. The molecule has 4 aromatic rings. The number of hydrogen-bond donors (Lipinski definition) is 1. The number of amides is 1. The highest BCUT2D eigenvalue weighted by Gasteiger charge is 2.17. The molecule has 0 saturated carbocycles. The molecule has 0 aliphatic rings. The molecular formula is C21H21N5O. The molecule has 27 heavy (non-hydrogen) atoms. The van der Waals surface area contributed by atoms with E-state index in [4.69, 9.17) is 0 Å². The van der Waals surface area contributed by atoms with E-state index in [9.17, 15) is 4.79 Å². The summed E-state index contributed by atoms with van der Waals surface area (Å²) in [4.78, 5) is 17.4. The summed E-state index contributed by atoms with van der Waals surface area (Å²) in [5.74, 6) is 0.680. The van der Waals surface area contributed by atoms with Crippen LogP contribution in [0.5, 0.6) is 0 Å². The molecule has 6 heteroatoms. The van der Waals surface area contributed by atoms with Crippen molar-refractivity contribution in [3.63, 3.8) is 0 Å². The van der Waals surface area contributed by atoms with Crippen LogP contribution in [0, 0.1) is 0 Å². The molecule has 0 unspecified atom stereocenters. The normalized spacial score (nSPS) is 11.0. The Morgan fingerprint density at radius 2 is 1.81 bits per heavy atom. The van der Waals surface area contributed by atoms with Crippen LogP contribution in [0.15, 0.2) is 60.8 Å². The Hall–Kier alpha value is -3.41. The fourth-order valence-corrected chi connectivity index (χ4v) is 3.30. The van der Waals surface area contributed by atoms with Gasteiger partial charge in [0.2, 0.25) is 0 Å². The van der Waals surface area contributed by atoms with Crippen LogP contribution in [-0.2, 0) is 20.0 Å². The number of carbonyl (C=O) groups excluding carboxylic acids is 1. The molecule has 0 bridgehead atoms. The molecule has 0 aliphatic heterocycles. The average Bonchev–Trinajstić information content (AvgIpc) is 3.28. The van der Waals surface area contributed by atoms with Crippen molar-refractivity contribution in [1.29, 1.82) is 0 Å². The average molecular weight is 359 g/mol. The molecule has 2 heterocycles. The van der Waals surface area contributed by atoms with Crippen molar-refractivity contribution < 1.29 is 4.79 Å². The van der Waals surface area contributed by atoms with E-state index in [1.807, 2.05) is 77.8 Å². The number of nitrogens with zero attached hydrogens (tertiary/aromatic N) is 4. The van der Waals surface area contributed by atoms with Gasteiger partial charge in [0.25, 0.3) is 5.91 Å². The van der Waals surface area contributed by atoms with Crippen molar-refractivity contribution >= 4 is 16.9 Å². The number of para-hydroxylation sites is 3. The number of aromatic nitrogens is 4. The summed E-state index contributed by atoms with van der Waals surface area (Å²) in [6.45, 7) is 2.39. The lowest BCUT2D eigenvalue weighted by molar-refractivity contribution is 0.0948. The fraction of sp³-hybridized carbons (Fsp3) is 0.190. The minimum absolute atomic E-state index is 0.138. The Labute approximate surface area is 157 Å². The van der Waals surface area contributed by atoms with Gasteiger partial charge in [-0.15, -0.1) is 0 Å². The van der Waals surface area contributed by atoms with E-state index >= 15 is 0 Å². The van der Waals surface area contributed by atoms with Crippen molar-refractivity contribution in [2.45, 2.75) is 19.9 Å². The molecule has 0 saturated heterocycles. The van der Waals surface area contributed by atoms with Gasteiger partial charge in [0.05, 0.1) is 40.7 Å². The number of benzene rings is 2. The first-order valence-corrected chi connectivity index (χ1v) is 9.00. The highest BCUT2D eigenvalue weighted by Crippen LogP contribution is 2.17. The summed E-state index contributed by atoms with van der Waals surface area (Å²) in [6.07, 6.45) is 2.35. The van der Waals surface area contributed by atoms with E-state index in [1.54, 1.807) is 6.20 Å². The standard InChI is InChI=1S/C21H21N5O/c1-3-18-16(13-23-26(18)15-9-5-4-6-10-15)21(27)22-14-20-24-17-11-7-8-12-19(17)25(20)2/h4-13H,3,14H2,1-2H3,(H,22,27). The zero-order valence-electron chi connectivity index (χ0n) is 15.4. The molecule has 1 N–H and O–H groups in total. The number of hydrogen-bond acceptors (Lipinski definition) is 3. The first-order chi connectivity index (χ1) is 13.2. The van der Waals surface area contributed by atoms with Gasteiger partial charge in [0.1, 0.15) is 5.82 Å². The van der Waals surface area contributed by atoms with Gasteiger partial charge in [0, 0.05) is 7.05 Å². The summed E-state index contributed by atoms with van der Waals surface area (Å²) in [6, 6.07) is 17.8. The van der Waals surface area contributed by atoms with Crippen molar-refractivity contribution in [2.24, 2.45) is 7.05 Å². The highest BCUT2D eigenvalue weighted by molar-refractivity contribution is 5.95. The molecule has 136 valence electrons. The molecule has 6 nitrogen and oxygen atoms in total. The van der Waals surface area contributed by atoms with Gasteiger partial charge in [-0.3, -0.25) is 4.79 Å². The SMILES string of the molecule is CCc1c(C(=O)NCc2nc3ccccc3n2C)cnn1-c1ccccc1. The molecule has 0 fully saturated rings. The lowest BCUT2D eigenvalue weighted by Crippen LogP contribution is -2.25. The topological polar surface area (TPSA) is 64.7 Å². The van der Waals surface area contributed by atoms with Crippen molar-refractivity contribution in [3.05, 3.63) is 77.9 Å². The fourth-order valence-electron chi connectivity index (χ4n) is 3.30. The van der Waals surface area contributed by atoms with Crippen molar-refractivity contribution in [1.82, 2.24) is 24.6 Å². The van der Waals surface area contributed by atoms with Crippen LogP contribution in [0.1, 0.15) is 28.8 Å². The van der Waals surface area contributed by atoms with Crippen LogP contribution in [0.3, 0.4) is 0 Å². The van der Waals surface area contributed by atoms with Crippen LogP contribution in [0.2, 0.25) is 0 Å². The second kappa shape index (κ2) is 7.07. The smallest absolute Gasteiger partial charge is 0.255 e. The maximum atomic E-state index is 12.8. The lowest BCUT2D eigenvalue weighted by atomic mass is 10.2. The summed E-state index contributed by atoms with van der Waals surface area (Å²) in [7, 11) is 1.96. The summed E-state index contributed by atoms with van der Waals surface area (Å²) in [5.41, 5.74) is 4.41. The van der Waals surface area contributed by atoms with Crippen molar-refractivity contribution in [2.75, 3.05) is 0 Å². The van der Waals surface area contributed by atoms with Crippen LogP contribution in [0.4, 0.5) is 0 Å². The maximum Gasteiger partial charge on any atom is 0.255 e. The van der Waals surface area contributed by atoms with E-state index in [1.165, 1.54) is 0 Å². The van der Waals surface area contributed by atoms with Gasteiger partial charge in [-0.2, -0.15) is 5.10 Å². The summed E-state index contributed by atoms with van der Waals surface area (Å²) < 4.78 is 3.83. The van der Waals surface area contributed by atoms with E-state index in [0.29, 0.717) is 18.5 Å². The number of carbonyl (C=O) groups is 1. The molecule has 0 aliphatic carbocycles. The molecule has 2 aromatic carbocycles. The second-order valence-corrected chi connectivity index (χ2v) is 6.36. The largest absolute Gasteiger partial charge is 0.345 e. The molecule has 0 spiro atoms. The molecule has 2 aromatic heterocycles. The zero-order valence-corrected chi connectivity index (χ0v) is 15.4. The summed E-state index contributed by atoms with van der Waals surface area (Å²) in [5, 5.41) is 7.40. The number of rotatable bonds is 5. The Morgan fingerprint density at radius 1 is 1.07 bits per heavy atom.